The van der Waals surface area contributed by atoms with Crippen LogP contribution in [0.15, 0.2) is 33.8 Å². The SMILES string of the molecule is CCCCN=C(N)NCCc1ccc(-c2nc(CC)no2)cc1. The predicted molar refractivity (Wildman–Crippen MR) is 92.2 cm³/mol. The second-order valence-electron chi connectivity index (χ2n) is 5.36. The van der Waals surface area contributed by atoms with Gasteiger partial charge < -0.3 is 15.6 Å². The van der Waals surface area contributed by atoms with Crippen molar-refractivity contribution < 1.29 is 4.52 Å². The monoisotopic (exact) mass is 315 g/mol. The third-order valence-electron chi connectivity index (χ3n) is 3.50. The quantitative estimate of drug-likeness (QED) is 0.444. The first-order chi connectivity index (χ1) is 11.2. The predicted octanol–water partition coefficient (Wildman–Crippen LogP) is 2.55. The summed E-state index contributed by atoms with van der Waals surface area (Å²) in [5.74, 6) is 1.82. The van der Waals surface area contributed by atoms with Gasteiger partial charge in [0.25, 0.3) is 5.89 Å². The first-order valence-corrected chi connectivity index (χ1v) is 8.18. The Hall–Kier alpha value is -2.37. The molecule has 0 saturated carbocycles. The van der Waals surface area contributed by atoms with Crippen molar-refractivity contribution in [3.8, 4) is 11.5 Å². The number of hydrogen-bond acceptors (Lipinski definition) is 4. The van der Waals surface area contributed by atoms with Gasteiger partial charge in [-0.05, 0) is 30.5 Å². The molecule has 1 heterocycles. The van der Waals surface area contributed by atoms with Gasteiger partial charge in [-0.2, -0.15) is 4.98 Å². The van der Waals surface area contributed by atoms with Crippen LogP contribution >= 0.6 is 0 Å². The third-order valence-corrected chi connectivity index (χ3v) is 3.50. The maximum absolute atomic E-state index is 5.81. The maximum atomic E-state index is 5.81. The smallest absolute Gasteiger partial charge is 0.257 e. The molecule has 2 aromatic rings. The third kappa shape index (κ3) is 5.39. The molecule has 0 bridgehead atoms. The van der Waals surface area contributed by atoms with Crippen molar-refractivity contribution in [1.82, 2.24) is 15.5 Å². The molecule has 0 radical (unpaired) electrons. The molecule has 1 aromatic carbocycles. The summed E-state index contributed by atoms with van der Waals surface area (Å²) in [4.78, 5) is 8.59. The number of nitrogens with two attached hydrogens (primary N) is 1. The summed E-state index contributed by atoms with van der Waals surface area (Å²) in [6.07, 6.45) is 3.85. The highest BCUT2D eigenvalue weighted by Gasteiger charge is 2.07. The Balaban J connectivity index is 1.82. The van der Waals surface area contributed by atoms with Crippen LogP contribution in [0.1, 0.15) is 38.1 Å². The van der Waals surface area contributed by atoms with E-state index in [4.69, 9.17) is 10.3 Å². The van der Waals surface area contributed by atoms with Crippen LogP contribution in [-0.2, 0) is 12.8 Å². The fraction of sp³-hybridized carbons (Fsp3) is 0.471. The van der Waals surface area contributed by atoms with E-state index < -0.39 is 0 Å². The molecule has 0 atom stereocenters. The number of hydrogen-bond donors (Lipinski definition) is 2. The summed E-state index contributed by atoms with van der Waals surface area (Å²) in [7, 11) is 0. The number of nitrogens with zero attached hydrogens (tertiary/aromatic N) is 3. The number of guanidine groups is 1. The Morgan fingerprint density at radius 2 is 2.04 bits per heavy atom. The van der Waals surface area contributed by atoms with Crippen LogP contribution in [0.2, 0.25) is 0 Å². The van der Waals surface area contributed by atoms with Gasteiger partial charge in [0.2, 0.25) is 0 Å². The minimum atomic E-state index is 0.521. The van der Waals surface area contributed by atoms with Crippen molar-refractivity contribution in [2.24, 2.45) is 10.7 Å². The summed E-state index contributed by atoms with van der Waals surface area (Å²) in [6, 6.07) is 8.14. The molecule has 0 aliphatic rings. The molecule has 0 amide bonds. The second-order valence-corrected chi connectivity index (χ2v) is 5.36. The van der Waals surface area contributed by atoms with Gasteiger partial charge >= 0.3 is 0 Å². The van der Waals surface area contributed by atoms with E-state index in [1.54, 1.807) is 0 Å². The average Bonchev–Trinajstić information content (AvgIpc) is 3.05. The van der Waals surface area contributed by atoms with E-state index in [0.717, 1.165) is 50.2 Å². The number of nitrogens with one attached hydrogen (secondary N) is 1. The summed E-state index contributed by atoms with van der Waals surface area (Å²) in [5, 5.41) is 7.04. The zero-order chi connectivity index (χ0) is 16.5. The van der Waals surface area contributed by atoms with E-state index in [2.05, 4.69) is 39.5 Å². The normalized spacial score (nSPS) is 11.7. The summed E-state index contributed by atoms with van der Waals surface area (Å²) < 4.78 is 5.24. The fourth-order valence-corrected chi connectivity index (χ4v) is 2.08. The van der Waals surface area contributed by atoms with Crippen molar-refractivity contribution in [3.05, 3.63) is 35.7 Å². The minimum Gasteiger partial charge on any atom is -0.370 e. The number of aliphatic imine (C=N–C) groups is 1. The lowest BCUT2D eigenvalue weighted by Gasteiger charge is -2.06. The Bertz CT molecular complexity index is 618. The molecule has 0 saturated heterocycles. The average molecular weight is 315 g/mol. The summed E-state index contributed by atoms with van der Waals surface area (Å²) in [5.41, 5.74) is 7.97. The highest BCUT2D eigenvalue weighted by atomic mass is 16.5. The zero-order valence-electron chi connectivity index (χ0n) is 13.9. The van der Waals surface area contributed by atoms with Crippen molar-refractivity contribution in [2.45, 2.75) is 39.5 Å². The standard InChI is InChI=1S/C17H25N5O/c1-3-5-11-19-17(18)20-12-10-13-6-8-14(9-7-13)16-21-15(4-2)22-23-16/h6-9H,3-5,10-12H2,1-2H3,(H3,18,19,20). The highest BCUT2D eigenvalue weighted by molar-refractivity contribution is 5.77. The molecule has 0 aliphatic carbocycles. The highest BCUT2D eigenvalue weighted by Crippen LogP contribution is 2.18. The molecule has 0 unspecified atom stereocenters. The molecular formula is C17H25N5O. The van der Waals surface area contributed by atoms with Gasteiger partial charge in [-0.15, -0.1) is 0 Å². The molecule has 124 valence electrons. The first-order valence-electron chi connectivity index (χ1n) is 8.18. The number of unbranched alkanes of at least 4 members (excludes halogenated alkanes) is 1. The van der Waals surface area contributed by atoms with Crippen LogP contribution in [-0.4, -0.2) is 29.2 Å². The van der Waals surface area contributed by atoms with Gasteiger partial charge in [-0.25, -0.2) is 0 Å². The number of benzene rings is 1. The maximum Gasteiger partial charge on any atom is 0.257 e. The first kappa shape index (κ1) is 17.0. The molecular weight excluding hydrogens is 290 g/mol. The van der Waals surface area contributed by atoms with Crippen LogP contribution in [0.25, 0.3) is 11.5 Å². The molecule has 6 nitrogen and oxygen atoms in total. The van der Waals surface area contributed by atoms with E-state index in [-0.39, 0.29) is 0 Å². The van der Waals surface area contributed by atoms with Gasteiger partial charge in [0.1, 0.15) is 0 Å². The van der Waals surface area contributed by atoms with Crippen LogP contribution in [0.5, 0.6) is 0 Å². The van der Waals surface area contributed by atoms with Crippen molar-refractivity contribution >= 4 is 5.96 Å². The Labute approximate surface area is 137 Å². The lowest BCUT2D eigenvalue weighted by Crippen LogP contribution is -2.33. The molecule has 23 heavy (non-hydrogen) atoms. The second kappa shape index (κ2) is 8.92. The topological polar surface area (TPSA) is 89.3 Å². The van der Waals surface area contributed by atoms with Crippen LogP contribution in [0, 0.1) is 0 Å². The number of rotatable bonds is 8. The van der Waals surface area contributed by atoms with E-state index >= 15 is 0 Å². The van der Waals surface area contributed by atoms with E-state index in [0.29, 0.717) is 11.9 Å². The molecule has 0 spiro atoms. The van der Waals surface area contributed by atoms with E-state index in [9.17, 15) is 0 Å². The van der Waals surface area contributed by atoms with Gasteiger partial charge in [-0.3, -0.25) is 4.99 Å². The van der Waals surface area contributed by atoms with E-state index in [1.165, 1.54) is 5.56 Å². The molecule has 0 aliphatic heterocycles. The summed E-state index contributed by atoms with van der Waals surface area (Å²) >= 11 is 0. The number of aromatic nitrogens is 2. The van der Waals surface area contributed by atoms with Gasteiger partial charge in [0.05, 0.1) is 0 Å². The number of aryl methyl sites for hydroxylation is 1. The molecule has 1 aromatic heterocycles. The molecule has 3 N–H and O–H groups in total. The fourth-order valence-electron chi connectivity index (χ4n) is 2.08. The van der Waals surface area contributed by atoms with Gasteiger partial charge in [-0.1, -0.05) is 37.6 Å². The Kier molecular flexibility index (Phi) is 6.59. The van der Waals surface area contributed by atoms with Gasteiger partial charge in [0.15, 0.2) is 11.8 Å². The van der Waals surface area contributed by atoms with Crippen molar-refractivity contribution in [1.29, 1.82) is 0 Å². The van der Waals surface area contributed by atoms with Crippen LogP contribution in [0.4, 0.5) is 0 Å². The minimum absolute atomic E-state index is 0.521. The lowest BCUT2D eigenvalue weighted by atomic mass is 10.1. The van der Waals surface area contributed by atoms with Crippen molar-refractivity contribution in [2.75, 3.05) is 13.1 Å². The summed E-state index contributed by atoms with van der Waals surface area (Å²) in [6.45, 7) is 5.69. The lowest BCUT2D eigenvalue weighted by molar-refractivity contribution is 0.423. The molecule has 2 rings (SSSR count). The molecule has 0 fully saturated rings. The Morgan fingerprint density at radius 1 is 1.26 bits per heavy atom. The van der Waals surface area contributed by atoms with Crippen LogP contribution < -0.4 is 11.1 Å². The molecule has 6 heteroatoms. The largest absolute Gasteiger partial charge is 0.370 e. The zero-order valence-corrected chi connectivity index (χ0v) is 13.9. The van der Waals surface area contributed by atoms with E-state index in [1.807, 2.05) is 19.1 Å². The van der Waals surface area contributed by atoms with Gasteiger partial charge in [0, 0.05) is 25.1 Å². The van der Waals surface area contributed by atoms with Crippen LogP contribution in [0.3, 0.4) is 0 Å². The Morgan fingerprint density at radius 3 is 2.70 bits per heavy atom. The van der Waals surface area contributed by atoms with Crippen molar-refractivity contribution in [3.63, 3.8) is 0 Å².